The summed E-state index contributed by atoms with van der Waals surface area (Å²) in [5.74, 6) is -0.712. The number of esters is 1. The van der Waals surface area contributed by atoms with Crippen LogP contribution in [-0.2, 0) is 9.53 Å². The zero-order valence-electron chi connectivity index (χ0n) is 13.7. The van der Waals surface area contributed by atoms with E-state index in [-0.39, 0.29) is 12.1 Å². The Balaban J connectivity index is 2.44. The SMILES string of the molecule is CC(C)NC(=O)NC(=O)COC(=O)c1ccc(OC(C)C)cc1. The van der Waals surface area contributed by atoms with Gasteiger partial charge in [0.25, 0.3) is 5.91 Å². The highest BCUT2D eigenvalue weighted by atomic mass is 16.5. The molecule has 2 N–H and O–H groups in total. The molecule has 0 spiro atoms. The molecule has 3 amide bonds. The molecule has 0 saturated heterocycles. The number of carbonyl (C=O) groups is 3. The van der Waals surface area contributed by atoms with Crippen molar-refractivity contribution in [3.8, 4) is 5.75 Å². The van der Waals surface area contributed by atoms with Gasteiger partial charge in [-0.05, 0) is 52.0 Å². The van der Waals surface area contributed by atoms with Gasteiger partial charge in [0.2, 0.25) is 0 Å². The van der Waals surface area contributed by atoms with Crippen LogP contribution in [0, 0.1) is 0 Å². The molecule has 7 nitrogen and oxygen atoms in total. The monoisotopic (exact) mass is 322 g/mol. The fourth-order valence-corrected chi connectivity index (χ4v) is 1.62. The first-order valence-electron chi connectivity index (χ1n) is 7.32. The number of benzene rings is 1. The van der Waals surface area contributed by atoms with E-state index in [1.54, 1.807) is 38.1 Å². The summed E-state index contributed by atoms with van der Waals surface area (Å²) in [6.07, 6.45) is 0.0356. The summed E-state index contributed by atoms with van der Waals surface area (Å²) in [5.41, 5.74) is 0.292. The van der Waals surface area contributed by atoms with Crippen molar-refractivity contribution >= 4 is 17.9 Å². The molecule has 126 valence electrons. The van der Waals surface area contributed by atoms with Gasteiger partial charge in [-0.15, -0.1) is 0 Å². The Kier molecular flexibility index (Phi) is 7.05. The van der Waals surface area contributed by atoms with Gasteiger partial charge >= 0.3 is 12.0 Å². The van der Waals surface area contributed by atoms with Crippen LogP contribution in [0.4, 0.5) is 4.79 Å². The van der Waals surface area contributed by atoms with E-state index in [1.165, 1.54) is 0 Å². The second kappa shape index (κ2) is 8.77. The van der Waals surface area contributed by atoms with Crippen LogP contribution < -0.4 is 15.4 Å². The lowest BCUT2D eigenvalue weighted by Crippen LogP contribution is -2.44. The molecule has 0 atom stereocenters. The van der Waals surface area contributed by atoms with Crippen molar-refractivity contribution in [1.29, 1.82) is 0 Å². The molecular formula is C16H22N2O5. The van der Waals surface area contributed by atoms with E-state index in [1.807, 2.05) is 13.8 Å². The van der Waals surface area contributed by atoms with Crippen LogP contribution in [0.3, 0.4) is 0 Å². The minimum Gasteiger partial charge on any atom is -0.491 e. The third kappa shape index (κ3) is 7.30. The van der Waals surface area contributed by atoms with Crippen molar-refractivity contribution in [1.82, 2.24) is 10.6 Å². The van der Waals surface area contributed by atoms with Gasteiger partial charge < -0.3 is 14.8 Å². The van der Waals surface area contributed by atoms with Crippen LogP contribution in [0.25, 0.3) is 0 Å². The molecule has 23 heavy (non-hydrogen) atoms. The molecule has 7 heteroatoms. The number of amides is 3. The molecule has 0 fully saturated rings. The minimum atomic E-state index is -0.698. The van der Waals surface area contributed by atoms with Crippen molar-refractivity contribution in [2.45, 2.75) is 39.8 Å². The van der Waals surface area contributed by atoms with Gasteiger partial charge in [0.05, 0.1) is 11.7 Å². The second-order valence-corrected chi connectivity index (χ2v) is 5.44. The van der Waals surface area contributed by atoms with Crippen LogP contribution in [0.5, 0.6) is 5.75 Å². The van der Waals surface area contributed by atoms with Crippen LogP contribution in [0.15, 0.2) is 24.3 Å². The van der Waals surface area contributed by atoms with E-state index in [4.69, 9.17) is 9.47 Å². The Labute approximate surface area is 135 Å². The Morgan fingerprint density at radius 2 is 1.65 bits per heavy atom. The minimum absolute atomic E-state index is 0.0356. The predicted molar refractivity (Wildman–Crippen MR) is 84.3 cm³/mol. The molecule has 0 unspecified atom stereocenters. The molecule has 0 radical (unpaired) electrons. The molecule has 0 aliphatic carbocycles. The first-order valence-corrected chi connectivity index (χ1v) is 7.32. The number of ether oxygens (including phenoxy) is 2. The van der Waals surface area contributed by atoms with Crippen molar-refractivity contribution in [2.24, 2.45) is 0 Å². The fourth-order valence-electron chi connectivity index (χ4n) is 1.62. The average Bonchev–Trinajstić information content (AvgIpc) is 2.44. The smallest absolute Gasteiger partial charge is 0.338 e. The van der Waals surface area contributed by atoms with E-state index >= 15 is 0 Å². The zero-order valence-corrected chi connectivity index (χ0v) is 13.7. The van der Waals surface area contributed by atoms with E-state index in [0.717, 1.165) is 0 Å². The van der Waals surface area contributed by atoms with Crippen molar-refractivity contribution in [2.75, 3.05) is 6.61 Å². The Bertz CT molecular complexity index is 552. The highest BCUT2D eigenvalue weighted by Crippen LogP contribution is 2.14. The van der Waals surface area contributed by atoms with Crippen LogP contribution in [0.2, 0.25) is 0 Å². The lowest BCUT2D eigenvalue weighted by Gasteiger charge is -2.10. The predicted octanol–water partition coefficient (Wildman–Crippen LogP) is 1.86. The number of urea groups is 1. The molecule has 0 aliphatic rings. The molecule has 0 saturated carbocycles. The van der Waals surface area contributed by atoms with Gasteiger partial charge in [-0.25, -0.2) is 9.59 Å². The molecule has 1 aromatic rings. The van der Waals surface area contributed by atoms with Gasteiger partial charge in [-0.2, -0.15) is 0 Å². The molecule has 0 bridgehead atoms. The lowest BCUT2D eigenvalue weighted by molar-refractivity contribution is -0.123. The molecular weight excluding hydrogens is 300 g/mol. The number of imide groups is 1. The van der Waals surface area contributed by atoms with Gasteiger partial charge in [0, 0.05) is 6.04 Å². The largest absolute Gasteiger partial charge is 0.491 e. The highest BCUT2D eigenvalue weighted by molar-refractivity contribution is 5.97. The van der Waals surface area contributed by atoms with Crippen LogP contribution in [0.1, 0.15) is 38.1 Å². The van der Waals surface area contributed by atoms with Crippen LogP contribution in [-0.4, -0.2) is 36.7 Å². The summed E-state index contributed by atoms with van der Waals surface area (Å²) < 4.78 is 10.3. The van der Waals surface area contributed by atoms with E-state index in [9.17, 15) is 14.4 Å². The lowest BCUT2D eigenvalue weighted by atomic mass is 10.2. The molecule has 0 aromatic heterocycles. The normalized spacial score (nSPS) is 10.3. The Morgan fingerprint density at radius 3 is 2.17 bits per heavy atom. The van der Waals surface area contributed by atoms with Crippen molar-refractivity contribution in [3.05, 3.63) is 29.8 Å². The quantitative estimate of drug-likeness (QED) is 0.780. The topological polar surface area (TPSA) is 93.7 Å². The maximum Gasteiger partial charge on any atom is 0.338 e. The maximum absolute atomic E-state index is 11.8. The molecule has 1 aromatic carbocycles. The third-order valence-electron chi connectivity index (χ3n) is 2.47. The second-order valence-electron chi connectivity index (χ2n) is 5.44. The summed E-state index contributed by atoms with van der Waals surface area (Å²) >= 11 is 0. The Morgan fingerprint density at radius 1 is 1.04 bits per heavy atom. The Hall–Kier alpha value is -2.57. The van der Waals surface area contributed by atoms with Crippen molar-refractivity contribution < 1.29 is 23.9 Å². The van der Waals surface area contributed by atoms with Gasteiger partial charge in [0.15, 0.2) is 6.61 Å². The van der Waals surface area contributed by atoms with E-state index in [0.29, 0.717) is 11.3 Å². The van der Waals surface area contributed by atoms with Gasteiger partial charge in [-0.1, -0.05) is 0 Å². The van der Waals surface area contributed by atoms with Crippen molar-refractivity contribution in [3.63, 3.8) is 0 Å². The number of hydrogen-bond acceptors (Lipinski definition) is 5. The molecule has 1 rings (SSSR count). The summed E-state index contributed by atoms with van der Waals surface area (Å²) in [7, 11) is 0. The number of rotatable bonds is 6. The van der Waals surface area contributed by atoms with Crippen LogP contribution >= 0.6 is 0 Å². The molecule has 0 aliphatic heterocycles. The maximum atomic E-state index is 11.8. The average molecular weight is 322 g/mol. The number of nitrogens with one attached hydrogen (secondary N) is 2. The zero-order chi connectivity index (χ0) is 17.4. The standard InChI is InChI=1S/C16H22N2O5/c1-10(2)17-16(21)18-14(19)9-22-15(20)12-5-7-13(8-6-12)23-11(3)4/h5-8,10-11H,9H2,1-4H3,(H2,17,18,19,21). The number of carbonyl (C=O) groups excluding carboxylic acids is 3. The summed E-state index contributed by atoms with van der Waals surface area (Å²) in [4.78, 5) is 34.6. The number of hydrogen-bond donors (Lipinski definition) is 2. The first kappa shape index (κ1) is 18.5. The summed E-state index contributed by atoms with van der Waals surface area (Å²) in [5, 5.41) is 4.55. The first-order chi connectivity index (χ1) is 10.8. The highest BCUT2D eigenvalue weighted by Gasteiger charge is 2.13. The van der Waals surface area contributed by atoms with E-state index < -0.39 is 24.5 Å². The summed E-state index contributed by atoms with van der Waals surface area (Å²) in [6.45, 7) is 6.79. The van der Waals surface area contributed by atoms with Gasteiger partial charge in [0.1, 0.15) is 5.75 Å². The van der Waals surface area contributed by atoms with E-state index in [2.05, 4.69) is 10.6 Å². The fraction of sp³-hybridized carbons (Fsp3) is 0.438. The summed E-state index contributed by atoms with van der Waals surface area (Å²) in [6, 6.07) is 5.65. The van der Waals surface area contributed by atoms with Gasteiger partial charge in [-0.3, -0.25) is 10.1 Å². The molecule has 0 heterocycles. The third-order valence-corrected chi connectivity index (χ3v) is 2.47.